The van der Waals surface area contributed by atoms with Crippen LogP contribution in [0.1, 0.15) is 32.6 Å². The summed E-state index contributed by atoms with van der Waals surface area (Å²) in [4.78, 5) is 22.5. The summed E-state index contributed by atoms with van der Waals surface area (Å²) in [6.07, 6.45) is 0.934. The summed E-state index contributed by atoms with van der Waals surface area (Å²) in [6.45, 7) is 7.75. The molecule has 0 aromatic carbocycles. The van der Waals surface area contributed by atoms with Gasteiger partial charge >= 0.3 is 0 Å². The quantitative estimate of drug-likeness (QED) is 0.787. The van der Waals surface area contributed by atoms with E-state index in [2.05, 4.69) is 33.6 Å². The molecule has 1 unspecified atom stereocenters. The van der Waals surface area contributed by atoms with Crippen LogP contribution in [0.5, 0.6) is 0 Å². The molecule has 2 rings (SSSR count). The molecule has 0 aliphatic heterocycles. The van der Waals surface area contributed by atoms with Crippen LogP contribution in [-0.2, 0) is 11.2 Å². The first-order valence-corrected chi connectivity index (χ1v) is 7.85. The van der Waals surface area contributed by atoms with Crippen molar-refractivity contribution in [2.75, 3.05) is 11.1 Å². The van der Waals surface area contributed by atoms with Crippen molar-refractivity contribution in [1.29, 1.82) is 0 Å². The minimum Gasteiger partial charge on any atom is -0.368 e. The SMILES string of the molecule is CCc1cc2c(NC(C)C(=O)NC(C)C)nc(N)nc2s1. The normalized spacial score (nSPS) is 12.6. The van der Waals surface area contributed by atoms with E-state index in [1.165, 1.54) is 4.88 Å². The van der Waals surface area contributed by atoms with E-state index in [4.69, 9.17) is 5.73 Å². The molecule has 6 nitrogen and oxygen atoms in total. The molecule has 2 heterocycles. The highest BCUT2D eigenvalue weighted by Crippen LogP contribution is 2.30. The predicted molar refractivity (Wildman–Crippen MR) is 87.6 cm³/mol. The molecular weight excluding hydrogens is 286 g/mol. The van der Waals surface area contributed by atoms with Gasteiger partial charge < -0.3 is 16.4 Å². The highest BCUT2D eigenvalue weighted by atomic mass is 32.1. The monoisotopic (exact) mass is 307 g/mol. The number of hydrogen-bond donors (Lipinski definition) is 3. The predicted octanol–water partition coefficient (Wildman–Crippen LogP) is 2.16. The number of nitrogens with two attached hydrogens (primary N) is 1. The maximum atomic E-state index is 12.0. The summed E-state index contributed by atoms with van der Waals surface area (Å²) in [5.74, 6) is 0.757. The Hall–Kier alpha value is -1.89. The van der Waals surface area contributed by atoms with Crippen LogP contribution in [0.4, 0.5) is 11.8 Å². The van der Waals surface area contributed by atoms with Gasteiger partial charge in [0, 0.05) is 10.9 Å². The largest absolute Gasteiger partial charge is 0.368 e. The van der Waals surface area contributed by atoms with E-state index in [0.717, 1.165) is 16.6 Å². The number of hydrogen-bond acceptors (Lipinski definition) is 6. The number of nitrogens with zero attached hydrogens (tertiary/aromatic N) is 2. The molecule has 4 N–H and O–H groups in total. The van der Waals surface area contributed by atoms with E-state index in [1.54, 1.807) is 18.3 Å². The summed E-state index contributed by atoms with van der Waals surface area (Å²) in [5, 5.41) is 6.91. The lowest BCUT2D eigenvalue weighted by atomic mass is 10.2. The molecule has 1 amide bonds. The summed E-state index contributed by atoms with van der Waals surface area (Å²) >= 11 is 1.60. The molecule has 7 heteroatoms. The van der Waals surface area contributed by atoms with Crippen molar-refractivity contribution >= 4 is 39.2 Å². The van der Waals surface area contributed by atoms with Gasteiger partial charge in [-0.2, -0.15) is 4.98 Å². The van der Waals surface area contributed by atoms with Gasteiger partial charge in [0.25, 0.3) is 0 Å². The van der Waals surface area contributed by atoms with Crippen molar-refractivity contribution in [3.8, 4) is 0 Å². The summed E-state index contributed by atoms with van der Waals surface area (Å²) in [7, 11) is 0. The maximum Gasteiger partial charge on any atom is 0.242 e. The molecule has 114 valence electrons. The number of carbonyl (C=O) groups excluding carboxylic acids is 1. The van der Waals surface area contributed by atoms with Crippen molar-refractivity contribution in [2.45, 2.75) is 46.2 Å². The second-order valence-corrected chi connectivity index (χ2v) is 6.36. The first-order valence-electron chi connectivity index (χ1n) is 7.03. The number of amides is 1. The molecular formula is C14H21N5OS. The van der Waals surface area contributed by atoms with E-state index in [0.29, 0.717) is 5.82 Å². The van der Waals surface area contributed by atoms with E-state index in [-0.39, 0.29) is 17.9 Å². The highest BCUT2D eigenvalue weighted by molar-refractivity contribution is 7.18. The van der Waals surface area contributed by atoms with Crippen LogP contribution < -0.4 is 16.4 Å². The molecule has 21 heavy (non-hydrogen) atoms. The fraction of sp³-hybridized carbons (Fsp3) is 0.500. The molecule has 1 atom stereocenters. The number of carbonyl (C=O) groups is 1. The summed E-state index contributed by atoms with van der Waals surface area (Å²) in [6, 6.07) is 1.76. The third-order valence-electron chi connectivity index (χ3n) is 2.99. The Balaban J connectivity index is 2.28. The number of thiophene rings is 1. The van der Waals surface area contributed by atoms with Crippen LogP contribution in [0.25, 0.3) is 10.2 Å². The zero-order valence-electron chi connectivity index (χ0n) is 12.7. The van der Waals surface area contributed by atoms with Gasteiger partial charge in [-0.3, -0.25) is 4.79 Å². The fourth-order valence-corrected chi connectivity index (χ4v) is 2.93. The van der Waals surface area contributed by atoms with Crippen LogP contribution in [0.3, 0.4) is 0 Å². The van der Waals surface area contributed by atoms with Crippen LogP contribution >= 0.6 is 11.3 Å². The first-order chi connectivity index (χ1) is 9.90. The van der Waals surface area contributed by atoms with Gasteiger partial charge in [-0.15, -0.1) is 11.3 Å². The Labute approximate surface area is 128 Å². The van der Waals surface area contributed by atoms with Gasteiger partial charge in [-0.1, -0.05) is 6.92 Å². The van der Waals surface area contributed by atoms with Crippen molar-refractivity contribution in [1.82, 2.24) is 15.3 Å². The average molecular weight is 307 g/mol. The molecule has 0 aliphatic carbocycles. The number of rotatable bonds is 5. The lowest BCUT2D eigenvalue weighted by Gasteiger charge is -2.17. The Kier molecular flexibility index (Phi) is 4.62. The van der Waals surface area contributed by atoms with Crippen molar-refractivity contribution in [3.63, 3.8) is 0 Å². The second-order valence-electron chi connectivity index (χ2n) is 5.24. The van der Waals surface area contributed by atoms with E-state index < -0.39 is 6.04 Å². The Morgan fingerprint density at radius 3 is 2.71 bits per heavy atom. The molecule has 0 saturated heterocycles. The number of fused-ring (bicyclic) bond motifs is 1. The number of aryl methyl sites for hydroxylation is 1. The van der Waals surface area contributed by atoms with Crippen LogP contribution in [0.2, 0.25) is 0 Å². The summed E-state index contributed by atoms with van der Waals surface area (Å²) < 4.78 is 0. The molecule has 0 spiro atoms. The maximum absolute atomic E-state index is 12.0. The van der Waals surface area contributed by atoms with E-state index in [1.807, 2.05) is 13.8 Å². The smallest absolute Gasteiger partial charge is 0.242 e. The van der Waals surface area contributed by atoms with Crippen molar-refractivity contribution < 1.29 is 4.79 Å². The third kappa shape index (κ3) is 3.60. The van der Waals surface area contributed by atoms with Gasteiger partial charge in [0.2, 0.25) is 11.9 Å². The Bertz CT molecular complexity index is 652. The van der Waals surface area contributed by atoms with E-state index in [9.17, 15) is 4.79 Å². The van der Waals surface area contributed by atoms with Crippen molar-refractivity contribution in [3.05, 3.63) is 10.9 Å². The molecule has 0 fully saturated rings. The Morgan fingerprint density at radius 2 is 2.10 bits per heavy atom. The topological polar surface area (TPSA) is 92.9 Å². The van der Waals surface area contributed by atoms with Gasteiger partial charge in [0.1, 0.15) is 16.7 Å². The molecule has 0 saturated carbocycles. The molecule has 0 aliphatic rings. The summed E-state index contributed by atoms with van der Waals surface area (Å²) in [5.41, 5.74) is 5.75. The molecule has 0 radical (unpaired) electrons. The standard InChI is InChI=1S/C14H21N5OS/c1-5-9-6-10-11(18-14(15)19-13(10)21-9)17-8(4)12(20)16-7(2)3/h6-8H,5H2,1-4H3,(H,16,20)(H3,15,17,18,19). The number of aromatic nitrogens is 2. The lowest BCUT2D eigenvalue weighted by Crippen LogP contribution is -2.41. The van der Waals surface area contributed by atoms with Crippen LogP contribution in [0, 0.1) is 0 Å². The van der Waals surface area contributed by atoms with Gasteiger partial charge in [0.15, 0.2) is 0 Å². The average Bonchev–Trinajstić information content (AvgIpc) is 2.80. The van der Waals surface area contributed by atoms with Gasteiger partial charge in [0.05, 0.1) is 5.39 Å². The molecule has 2 aromatic rings. The van der Waals surface area contributed by atoms with Crippen LogP contribution in [-0.4, -0.2) is 28.0 Å². The zero-order valence-corrected chi connectivity index (χ0v) is 13.5. The fourth-order valence-electron chi connectivity index (χ4n) is 1.95. The highest BCUT2D eigenvalue weighted by Gasteiger charge is 2.17. The first kappa shape index (κ1) is 15.5. The molecule has 0 bridgehead atoms. The van der Waals surface area contributed by atoms with Crippen LogP contribution in [0.15, 0.2) is 6.07 Å². The zero-order chi connectivity index (χ0) is 15.6. The second kappa shape index (κ2) is 6.26. The Morgan fingerprint density at radius 1 is 1.38 bits per heavy atom. The number of anilines is 2. The van der Waals surface area contributed by atoms with Crippen molar-refractivity contribution in [2.24, 2.45) is 0 Å². The number of nitrogen functional groups attached to an aromatic ring is 1. The van der Waals surface area contributed by atoms with E-state index >= 15 is 0 Å². The van der Waals surface area contributed by atoms with Gasteiger partial charge in [-0.25, -0.2) is 4.98 Å². The van der Waals surface area contributed by atoms with Gasteiger partial charge in [-0.05, 0) is 33.3 Å². The number of nitrogens with one attached hydrogen (secondary N) is 2. The molecule has 2 aromatic heterocycles. The minimum absolute atomic E-state index is 0.0683. The minimum atomic E-state index is -0.394. The third-order valence-corrected chi connectivity index (χ3v) is 4.16. The lowest BCUT2D eigenvalue weighted by molar-refractivity contribution is -0.122.